The summed E-state index contributed by atoms with van der Waals surface area (Å²) < 4.78 is 0. The van der Waals surface area contributed by atoms with E-state index in [0.717, 1.165) is 11.1 Å². The Hall–Kier alpha value is -3.15. The molecule has 3 aromatic rings. The zero-order valence-electron chi connectivity index (χ0n) is 18.9. The molecule has 0 spiro atoms. The van der Waals surface area contributed by atoms with E-state index in [9.17, 15) is 9.59 Å². The van der Waals surface area contributed by atoms with Crippen molar-refractivity contribution in [1.82, 2.24) is 5.43 Å². The molecular formula is C26H25Cl2N3O2. The van der Waals surface area contributed by atoms with Crippen molar-refractivity contribution in [1.29, 1.82) is 0 Å². The minimum atomic E-state index is -0.334. The maximum atomic E-state index is 12.4. The summed E-state index contributed by atoms with van der Waals surface area (Å²) in [6.07, 6.45) is 0. The predicted octanol–water partition coefficient (Wildman–Crippen LogP) is 6.70. The second kappa shape index (κ2) is 10.2. The van der Waals surface area contributed by atoms with Gasteiger partial charge in [0.25, 0.3) is 11.8 Å². The maximum Gasteiger partial charge on any atom is 0.271 e. The number of halogens is 2. The van der Waals surface area contributed by atoms with Gasteiger partial charge in [-0.3, -0.25) is 9.59 Å². The van der Waals surface area contributed by atoms with Gasteiger partial charge in [0.2, 0.25) is 0 Å². The van der Waals surface area contributed by atoms with Crippen LogP contribution in [0, 0.1) is 0 Å². The maximum absolute atomic E-state index is 12.4. The van der Waals surface area contributed by atoms with Crippen LogP contribution in [0.25, 0.3) is 0 Å². The molecule has 0 fully saturated rings. The average Bonchev–Trinajstić information content (AvgIpc) is 2.77. The Morgan fingerprint density at radius 1 is 0.818 bits per heavy atom. The van der Waals surface area contributed by atoms with Crippen LogP contribution in [0.3, 0.4) is 0 Å². The van der Waals surface area contributed by atoms with Crippen LogP contribution < -0.4 is 10.7 Å². The van der Waals surface area contributed by atoms with Crippen molar-refractivity contribution in [3.63, 3.8) is 0 Å². The molecule has 0 aromatic heterocycles. The second-order valence-electron chi connectivity index (χ2n) is 8.62. The largest absolute Gasteiger partial charge is 0.322 e. The lowest BCUT2D eigenvalue weighted by Gasteiger charge is -2.18. The zero-order valence-corrected chi connectivity index (χ0v) is 20.4. The summed E-state index contributed by atoms with van der Waals surface area (Å²) in [5, 5.41) is 7.74. The highest BCUT2D eigenvalue weighted by molar-refractivity contribution is 6.37. The highest BCUT2D eigenvalue weighted by Crippen LogP contribution is 2.23. The summed E-state index contributed by atoms with van der Waals surface area (Å²) >= 11 is 12.0. The van der Waals surface area contributed by atoms with E-state index in [1.807, 2.05) is 24.3 Å². The van der Waals surface area contributed by atoms with Crippen molar-refractivity contribution in [2.45, 2.75) is 33.1 Å². The van der Waals surface area contributed by atoms with Crippen LogP contribution in [0.2, 0.25) is 10.0 Å². The molecule has 0 aliphatic heterocycles. The van der Waals surface area contributed by atoms with Gasteiger partial charge >= 0.3 is 0 Å². The molecule has 0 aliphatic carbocycles. The van der Waals surface area contributed by atoms with Crippen LogP contribution in [0.15, 0.2) is 71.8 Å². The van der Waals surface area contributed by atoms with Gasteiger partial charge in [-0.1, -0.05) is 68.2 Å². The Balaban J connectivity index is 1.62. The molecule has 0 atom stereocenters. The SMILES string of the molecule is C/C(=N/NC(=O)c1ccc(C(C)(C)C)cc1)c1ccc(NC(=O)c2ccc(Cl)cc2Cl)cc1. The first kappa shape index (κ1) is 24.5. The molecule has 5 nitrogen and oxygen atoms in total. The monoisotopic (exact) mass is 481 g/mol. The molecule has 0 saturated heterocycles. The highest BCUT2D eigenvalue weighted by Gasteiger charge is 2.14. The molecule has 0 bridgehead atoms. The molecule has 2 N–H and O–H groups in total. The first-order valence-corrected chi connectivity index (χ1v) is 11.1. The van der Waals surface area contributed by atoms with Gasteiger partial charge in [-0.15, -0.1) is 0 Å². The van der Waals surface area contributed by atoms with Crippen LogP contribution >= 0.6 is 23.2 Å². The van der Waals surface area contributed by atoms with Gasteiger partial charge < -0.3 is 5.32 Å². The van der Waals surface area contributed by atoms with Gasteiger partial charge in [-0.25, -0.2) is 5.43 Å². The van der Waals surface area contributed by atoms with Gasteiger partial charge in [0.05, 0.1) is 16.3 Å². The Morgan fingerprint density at radius 3 is 2.00 bits per heavy atom. The zero-order chi connectivity index (χ0) is 24.2. The Labute approximate surface area is 203 Å². The number of rotatable bonds is 5. The van der Waals surface area contributed by atoms with E-state index in [2.05, 4.69) is 36.6 Å². The van der Waals surface area contributed by atoms with Gasteiger partial charge in [0.15, 0.2) is 0 Å². The molecule has 170 valence electrons. The third-order valence-corrected chi connectivity index (χ3v) is 5.62. The van der Waals surface area contributed by atoms with Gasteiger partial charge in [-0.05, 0) is 65.9 Å². The van der Waals surface area contributed by atoms with E-state index in [1.54, 1.807) is 43.3 Å². The van der Waals surface area contributed by atoms with Gasteiger partial charge in [0, 0.05) is 16.3 Å². The fraction of sp³-hybridized carbons (Fsp3) is 0.192. The molecule has 7 heteroatoms. The Morgan fingerprint density at radius 2 is 1.42 bits per heavy atom. The third kappa shape index (κ3) is 6.44. The molecular weight excluding hydrogens is 457 g/mol. The molecule has 0 unspecified atom stereocenters. The van der Waals surface area contributed by atoms with Gasteiger partial charge in [-0.2, -0.15) is 5.10 Å². The molecule has 0 aliphatic rings. The summed E-state index contributed by atoms with van der Waals surface area (Å²) in [6.45, 7) is 8.17. The number of benzene rings is 3. The molecule has 3 aromatic carbocycles. The van der Waals surface area contributed by atoms with Crippen LogP contribution in [0.1, 0.15) is 59.5 Å². The fourth-order valence-electron chi connectivity index (χ4n) is 3.05. The van der Waals surface area contributed by atoms with Crippen molar-refractivity contribution in [3.8, 4) is 0 Å². The van der Waals surface area contributed by atoms with E-state index in [-0.39, 0.29) is 22.3 Å². The van der Waals surface area contributed by atoms with Crippen LogP contribution in [0.5, 0.6) is 0 Å². The number of carbonyl (C=O) groups is 2. The first-order chi connectivity index (χ1) is 15.5. The normalized spacial score (nSPS) is 11.8. The Kier molecular flexibility index (Phi) is 7.57. The number of amides is 2. The smallest absolute Gasteiger partial charge is 0.271 e. The molecule has 3 rings (SSSR count). The molecule has 0 radical (unpaired) electrons. The number of hydrogen-bond donors (Lipinski definition) is 2. The van der Waals surface area contributed by atoms with Crippen molar-refractivity contribution in [2.24, 2.45) is 5.10 Å². The fourth-order valence-corrected chi connectivity index (χ4v) is 3.55. The van der Waals surface area contributed by atoms with Crippen LogP contribution in [-0.4, -0.2) is 17.5 Å². The van der Waals surface area contributed by atoms with E-state index in [1.165, 1.54) is 6.07 Å². The summed E-state index contributed by atoms with van der Waals surface area (Å²) in [5.41, 5.74) is 6.69. The standard InChI is InChI=1S/C26H25Cl2N3O2/c1-16(30-31-24(32)18-5-9-19(10-6-18)26(2,3)4)17-7-12-21(13-8-17)29-25(33)22-14-11-20(27)15-23(22)28/h5-15H,1-4H3,(H,29,33)(H,31,32)/b30-16-. The van der Waals surface area contributed by atoms with E-state index in [4.69, 9.17) is 23.2 Å². The summed E-state index contributed by atoms with van der Waals surface area (Å²) in [4.78, 5) is 24.9. The number of carbonyl (C=O) groups excluding carboxylic acids is 2. The number of nitrogens with one attached hydrogen (secondary N) is 2. The summed E-state index contributed by atoms with van der Waals surface area (Å²) in [5.74, 6) is -0.613. The molecule has 2 amide bonds. The van der Waals surface area contributed by atoms with Crippen molar-refractivity contribution < 1.29 is 9.59 Å². The number of hydrogen-bond acceptors (Lipinski definition) is 3. The highest BCUT2D eigenvalue weighted by atomic mass is 35.5. The molecule has 33 heavy (non-hydrogen) atoms. The van der Waals surface area contributed by atoms with E-state index < -0.39 is 0 Å². The van der Waals surface area contributed by atoms with Crippen molar-refractivity contribution >= 4 is 46.4 Å². The summed E-state index contributed by atoms with van der Waals surface area (Å²) in [7, 11) is 0. The average molecular weight is 482 g/mol. The lowest BCUT2D eigenvalue weighted by molar-refractivity contribution is 0.0954. The predicted molar refractivity (Wildman–Crippen MR) is 136 cm³/mol. The molecule has 0 saturated carbocycles. The summed E-state index contributed by atoms with van der Waals surface area (Å²) in [6, 6.07) is 19.3. The van der Waals surface area contributed by atoms with Crippen LogP contribution in [0.4, 0.5) is 5.69 Å². The Bertz CT molecular complexity index is 1200. The lowest BCUT2D eigenvalue weighted by atomic mass is 9.87. The topological polar surface area (TPSA) is 70.6 Å². The minimum absolute atomic E-state index is 0.0243. The lowest BCUT2D eigenvalue weighted by Crippen LogP contribution is -2.20. The van der Waals surface area contributed by atoms with Gasteiger partial charge in [0.1, 0.15) is 0 Å². The van der Waals surface area contributed by atoms with Crippen LogP contribution in [-0.2, 0) is 5.41 Å². The molecule has 0 heterocycles. The number of anilines is 1. The van der Waals surface area contributed by atoms with E-state index in [0.29, 0.717) is 27.5 Å². The quantitative estimate of drug-likeness (QED) is 0.314. The van der Waals surface area contributed by atoms with E-state index >= 15 is 0 Å². The van der Waals surface area contributed by atoms with Crippen molar-refractivity contribution in [3.05, 3.63) is 99.0 Å². The number of nitrogens with zero attached hydrogens (tertiary/aromatic N) is 1. The number of hydrazone groups is 1. The van der Waals surface area contributed by atoms with Crippen molar-refractivity contribution in [2.75, 3.05) is 5.32 Å². The third-order valence-electron chi connectivity index (χ3n) is 5.07. The second-order valence-corrected chi connectivity index (χ2v) is 9.46. The minimum Gasteiger partial charge on any atom is -0.322 e. The first-order valence-electron chi connectivity index (χ1n) is 10.4.